The first-order valence-corrected chi connectivity index (χ1v) is 6.75. The minimum Gasteiger partial charge on any atom is -0.488 e. The Hall–Kier alpha value is -1.99. The van der Waals surface area contributed by atoms with E-state index in [1.807, 2.05) is 0 Å². The number of rotatable bonds is 5. The van der Waals surface area contributed by atoms with Crippen molar-refractivity contribution in [2.75, 3.05) is 0 Å². The van der Waals surface area contributed by atoms with Crippen molar-refractivity contribution >= 4 is 21.6 Å². The number of nitro benzene ring substituents is 1. The van der Waals surface area contributed by atoms with Crippen LogP contribution < -0.4 is 4.74 Å². The molecule has 2 rings (SSSR count). The van der Waals surface area contributed by atoms with Crippen molar-refractivity contribution in [1.29, 1.82) is 0 Å². The first-order chi connectivity index (χ1) is 10.0. The number of halogens is 2. The second kappa shape index (κ2) is 6.64. The van der Waals surface area contributed by atoms with E-state index in [1.54, 1.807) is 6.07 Å². The van der Waals surface area contributed by atoms with Crippen LogP contribution in [0.2, 0.25) is 0 Å². The highest BCUT2D eigenvalue weighted by atomic mass is 79.9. The number of aliphatic hydroxyl groups excluding tert-OH is 1. The molecule has 0 unspecified atom stereocenters. The maximum atomic E-state index is 13.0. The molecule has 0 spiro atoms. The van der Waals surface area contributed by atoms with Crippen LogP contribution in [0, 0.1) is 15.9 Å². The molecule has 5 nitrogen and oxygen atoms in total. The molecule has 1 N–H and O–H groups in total. The fraction of sp³-hybridized carbons (Fsp3) is 0.143. The third-order valence-electron chi connectivity index (χ3n) is 2.82. The smallest absolute Gasteiger partial charge is 0.270 e. The maximum Gasteiger partial charge on any atom is 0.270 e. The summed E-state index contributed by atoms with van der Waals surface area (Å²) in [4.78, 5) is 10.1. The van der Waals surface area contributed by atoms with Crippen molar-refractivity contribution in [3.63, 3.8) is 0 Å². The summed E-state index contributed by atoms with van der Waals surface area (Å²) >= 11 is 3.23. The maximum absolute atomic E-state index is 13.0. The Morgan fingerprint density at radius 3 is 2.62 bits per heavy atom. The molecule has 0 amide bonds. The topological polar surface area (TPSA) is 72.6 Å². The number of ether oxygens (including phenoxy) is 1. The summed E-state index contributed by atoms with van der Waals surface area (Å²) < 4.78 is 19.1. The van der Waals surface area contributed by atoms with Crippen LogP contribution in [0.3, 0.4) is 0 Å². The molecule has 0 fully saturated rings. The number of hydrogen-bond donors (Lipinski definition) is 1. The van der Waals surface area contributed by atoms with Gasteiger partial charge < -0.3 is 9.84 Å². The lowest BCUT2D eigenvalue weighted by Gasteiger charge is -2.11. The van der Waals surface area contributed by atoms with Crippen molar-refractivity contribution in [1.82, 2.24) is 0 Å². The zero-order valence-electron chi connectivity index (χ0n) is 10.8. The molecule has 0 aliphatic heterocycles. The lowest BCUT2D eigenvalue weighted by atomic mass is 10.2. The Morgan fingerprint density at radius 1 is 1.24 bits per heavy atom. The molecule has 0 aliphatic rings. The highest BCUT2D eigenvalue weighted by Crippen LogP contribution is 2.26. The molecule has 0 saturated heterocycles. The molecule has 2 aromatic carbocycles. The standard InChI is InChI=1S/C14H11BrFNO4/c15-13-6-11(16)2-1-9(13)8-21-14-4-3-12(17(19)20)5-10(14)7-18/h1-6,18H,7-8H2. The van der Waals surface area contributed by atoms with Gasteiger partial charge in [-0.25, -0.2) is 4.39 Å². The normalized spacial score (nSPS) is 10.4. The van der Waals surface area contributed by atoms with Gasteiger partial charge in [-0.05, 0) is 18.2 Å². The van der Waals surface area contributed by atoms with E-state index in [-0.39, 0.29) is 24.7 Å². The van der Waals surface area contributed by atoms with Crippen LogP contribution in [0.15, 0.2) is 40.9 Å². The van der Waals surface area contributed by atoms with E-state index in [0.29, 0.717) is 15.8 Å². The molecule has 0 radical (unpaired) electrons. The van der Waals surface area contributed by atoms with E-state index in [1.165, 1.54) is 30.3 Å². The van der Waals surface area contributed by atoms with Crippen LogP contribution in [0.1, 0.15) is 11.1 Å². The molecule has 0 bridgehead atoms. The number of benzene rings is 2. The van der Waals surface area contributed by atoms with Crippen LogP contribution in [-0.4, -0.2) is 10.0 Å². The van der Waals surface area contributed by atoms with Crippen molar-refractivity contribution in [3.8, 4) is 5.75 Å². The second-order valence-electron chi connectivity index (χ2n) is 4.23. The Kier molecular flexibility index (Phi) is 4.87. The molecule has 21 heavy (non-hydrogen) atoms. The zero-order chi connectivity index (χ0) is 15.4. The highest BCUT2D eigenvalue weighted by Gasteiger charge is 2.12. The molecule has 0 atom stereocenters. The molecular weight excluding hydrogens is 345 g/mol. The monoisotopic (exact) mass is 355 g/mol. The van der Waals surface area contributed by atoms with Crippen LogP contribution in [0.4, 0.5) is 10.1 Å². The van der Waals surface area contributed by atoms with Crippen LogP contribution in [-0.2, 0) is 13.2 Å². The van der Waals surface area contributed by atoms with E-state index in [9.17, 15) is 19.6 Å². The van der Waals surface area contributed by atoms with Gasteiger partial charge in [-0.2, -0.15) is 0 Å². The van der Waals surface area contributed by atoms with Gasteiger partial charge in [-0.1, -0.05) is 22.0 Å². The average molecular weight is 356 g/mol. The van der Waals surface area contributed by atoms with Gasteiger partial charge in [-0.15, -0.1) is 0 Å². The summed E-state index contributed by atoms with van der Waals surface area (Å²) in [6.45, 7) is -0.229. The van der Waals surface area contributed by atoms with E-state index in [0.717, 1.165) is 5.56 Å². The second-order valence-corrected chi connectivity index (χ2v) is 5.09. The third-order valence-corrected chi connectivity index (χ3v) is 3.56. The lowest BCUT2D eigenvalue weighted by Crippen LogP contribution is -2.01. The number of non-ortho nitro benzene ring substituents is 1. The van der Waals surface area contributed by atoms with E-state index < -0.39 is 4.92 Å². The summed E-state index contributed by atoms with van der Waals surface area (Å²) in [5.74, 6) is -0.0173. The van der Waals surface area contributed by atoms with Crippen molar-refractivity contribution in [2.24, 2.45) is 0 Å². The number of nitro groups is 1. The van der Waals surface area contributed by atoms with Crippen LogP contribution >= 0.6 is 15.9 Å². The van der Waals surface area contributed by atoms with Gasteiger partial charge in [0.2, 0.25) is 0 Å². The molecule has 0 saturated carbocycles. The Labute approximate surface area is 128 Å². The first kappa shape index (κ1) is 15.4. The van der Waals surface area contributed by atoms with E-state index in [4.69, 9.17) is 4.74 Å². The Balaban J connectivity index is 2.17. The fourth-order valence-corrected chi connectivity index (χ4v) is 2.20. The molecule has 2 aromatic rings. The highest BCUT2D eigenvalue weighted by molar-refractivity contribution is 9.10. The SMILES string of the molecule is O=[N+]([O-])c1ccc(OCc2ccc(F)cc2Br)c(CO)c1. The number of aliphatic hydroxyl groups is 1. The Morgan fingerprint density at radius 2 is 2.00 bits per heavy atom. The summed E-state index contributed by atoms with van der Waals surface area (Å²) in [5, 5.41) is 19.9. The molecule has 7 heteroatoms. The molecule has 0 aliphatic carbocycles. The number of hydrogen-bond acceptors (Lipinski definition) is 4. The largest absolute Gasteiger partial charge is 0.488 e. The van der Waals surface area contributed by atoms with Crippen molar-refractivity contribution in [2.45, 2.75) is 13.2 Å². The summed E-state index contributed by atoms with van der Waals surface area (Å²) in [5.41, 5.74) is 0.926. The van der Waals surface area contributed by atoms with Gasteiger partial charge in [0.25, 0.3) is 5.69 Å². The van der Waals surface area contributed by atoms with E-state index >= 15 is 0 Å². The average Bonchev–Trinajstić information content (AvgIpc) is 2.46. The molecule has 0 heterocycles. The predicted molar refractivity (Wildman–Crippen MR) is 77.5 cm³/mol. The number of nitrogens with zero attached hydrogens (tertiary/aromatic N) is 1. The summed E-state index contributed by atoms with van der Waals surface area (Å²) in [7, 11) is 0. The molecule has 0 aromatic heterocycles. The van der Waals surface area contributed by atoms with E-state index in [2.05, 4.69) is 15.9 Å². The van der Waals surface area contributed by atoms with Crippen molar-refractivity contribution < 1.29 is 19.2 Å². The first-order valence-electron chi connectivity index (χ1n) is 5.96. The minimum atomic E-state index is -0.542. The third kappa shape index (κ3) is 3.77. The minimum absolute atomic E-state index is 0.116. The van der Waals surface area contributed by atoms with Gasteiger partial charge in [0.1, 0.15) is 18.2 Å². The predicted octanol–water partition coefficient (Wildman–Crippen LogP) is 3.57. The molecular formula is C14H11BrFNO4. The summed E-state index contributed by atoms with van der Waals surface area (Å²) in [6, 6.07) is 8.20. The fourth-order valence-electron chi connectivity index (χ4n) is 1.74. The quantitative estimate of drug-likeness (QED) is 0.657. The van der Waals surface area contributed by atoms with Crippen LogP contribution in [0.25, 0.3) is 0 Å². The zero-order valence-corrected chi connectivity index (χ0v) is 12.3. The van der Waals surface area contributed by atoms with Crippen LogP contribution in [0.5, 0.6) is 5.75 Å². The summed E-state index contributed by atoms with van der Waals surface area (Å²) in [6.07, 6.45) is 0. The van der Waals surface area contributed by atoms with Gasteiger partial charge in [0.15, 0.2) is 0 Å². The van der Waals surface area contributed by atoms with Gasteiger partial charge in [-0.3, -0.25) is 10.1 Å². The van der Waals surface area contributed by atoms with Gasteiger partial charge in [0.05, 0.1) is 11.5 Å². The van der Waals surface area contributed by atoms with Gasteiger partial charge >= 0.3 is 0 Å². The molecule has 110 valence electrons. The lowest BCUT2D eigenvalue weighted by molar-refractivity contribution is -0.385. The van der Waals surface area contributed by atoms with Crippen molar-refractivity contribution in [3.05, 3.63) is 67.9 Å². The van der Waals surface area contributed by atoms with Gasteiger partial charge in [0, 0.05) is 27.7 Å². The Bertz CT molecular complexity index is 678.